The van der Waals surface area contributed by atoms with Crippen LogP contribution in [0.3, 0.4) is 0 Å². The van der Waals surface area contributed by atoms with Gasteiger partial charge in [0.1, 0.15) is 18.2 Å². The Morgan fingerprint density at radius 2 is 1.45 bits per heavy atom. The molecular weight excluding hydrogens is 733 g/mol. The second-order valence-electron chi connectivity index (χ2n) is 14.9. The first-order chi connectivity index (χ1) is 28.1. The second kappa shape index (κ2) is 22.1. The maximum absolute atomic E-state index is 11.4. The molecule has 0 saturated carbocycles. The first-order valence-electron chi connectivity index (χ1n) is 20.4. The van der Waals surface area contributed by atoms with Crippen LogP contribution in [0.25, 0.3) is 0 Å². The maximum Gasteiger partial charge on any atom is 0.335 e. The highest BCUT2D eigenvalue weighted by Gasteiger charge is 2.32. The molecule has 1 aliphatic carbocycles. The number of hydrogen-bond acceptors (Lipinski definition) is 10. The predicted octanol–water partition coefficient (Wildman–Crippen LogP) is 9.53. The Bertz CT molecular complexity index is 1880. The van der Waals surface area contributed by atoms with Gasteiger partial charge in [0.2, 0.25) is 0 Å². The molecule has 0 N–H and O–H groups in total. The molecule has 3 aliphatic rings. The van der Waals surface area contributed by atoms with Crippen molar-refractivity contribution in [2.24, 2.45) is 0 Å². The third-order valence-electron chi connectivity index (χ3n) is 10.6. The van der Waals surface area contributed by atoms with E-state index in [9.17, 15) is 9.59 Å². The SMILES string of the molecule is C=C(CC)C(=O)OC(C)OCCCCOC(C)OC=O.CCCC(C)(c1ccc2c(c1)CN(c1ccccc1)CO2)c1ccc2c(c1)CN(C1C=CC=CC=C1)CO2. The van der Waals surface area contributed by atoms with Gasteiger partial charge in [-0.2, -0.15) is 0 Å². The van der Waals surface area contributed by atoms with Gasteiger partial charge in [-0.25, -0.2) is 4.79 Å². The van der Waals surface area contributed by atoms with Crippen molar-refractivity contribution in [1.29, 1.82) is 0 Å². The Balaban J connectivity index is 0.000000274. The molecular formula is C48H60N2O8. The van der Waals surface area contributed by atoms with E-state index in [0.717, 1.165) is 50.3 Å². The standard InChI is InChI=1S/C34H36N2O2.C14H24O6/c1-3-19-34(2,29-16-18-33-27(21-29)23-36(25-38-33)31-13-9-6-10-14-31)28-15-17-32-26(20-28)22-35(24-37-32)30-11-7-4-5-8-12-30;1-5-11(2)14(16)20-13(4)18-9-7-6-8-17-12(3)19-10-15/h4-18,20-21,30H,3,19,22-25H2,1-2H3;10,12-13H,2,5-9H2,1,3-4H3. The van der Waals surface area contributed by atoms with Gasteiger partial charge in [0.25, 0.3) is 6.47 Å². The second-order valence-corrected chi connectivity index (χ2v) is 14.9. The van der Waals surface area contributed by atoms with Gasteiger partial charge in [0.15, 0.2) is 19.3 Å². The van der Waals surface area contributed by atoms with E-state index in [0.29, 0.717) is 45.1 Å². The summed E-state index contributed by atoms with van der Waals surface area (Å²) < 4.78 is 32.5. The summed E-state index contributed by atoms with van der Waals surface area (Å²) in [5.74, 6) is 1.57. The topological polar surface area (TPSA) is 96.0 Å². The fourth-order valence-electron chi connectivity index (χ4n) is 7.17. The van der Waals surface area contributed by atoms with Crippen molar-refractivity contribution in [3.05, 3.63) is 138 Å². The van der Waals surface area contributed by atoms with E-state index in [1.54, 1.807) is 13.8 Å². The maximum atomic E-state index is 11.4. The molecule has 0 spiro atoms. The number of fused-ring (bicyclic) bond motifs is 2. The van der Waals surface area contributed by atoms with Crippen LogP contribution in [-0.4, -0.2) is 62.6 Å². The average Bonchev–Trinajstić information content (AvgIpc) is 3.54. The highest BCUT2D eigenvalue weighted by molar-refractivity contribution is 5.87. The largest absolute Gasteiger partial charge is 0.478 e. The van der Waals surface area contributed by atoms with Gasteiger partial charge in [-0.1, -0.05) is 101 Å². The monoisotopic (exact) mass is 792 g/mol. The van der Waals surface area contributed by atoms with Gasteiger partial charge in [-0.15, -0.1) is 0 Å². The molecule has 0 amide bonds. The number of carbonyl (C=O) groups excluding carboxylic acids is 2. The number of ether oxygens (including phenoxy) is 6. The van der Waals surface area contributed by atoms with Gasteiger partial charge < -0.3 is 33.3 Å². The van der Waals surface area contributed by atoms with Crippen LogP contribution >= 0.6 is 0 Å². The minimum atomic E-state index is -0.593. The van der Waals surface area contributed by atoms with Gasteiger partial charge in [-0.05, 0) is 87.1 Å². The number of benzene rings is 3. The van der Waals surface area contributed by atoms with E-state index in [-0.39, 0.29) is 11.5 Å². The zero-order valence-corrected chi connectivity index (χ0v) is 34.8. The molecule has 58 heavy (non-hydrogen) atoms. The van der Waals surface area contributed by atoms with Crippen LogP contribution in [0.2, 0.25) is 0 Å². The van der Waals surface area contributed by atoms with Crippen molar-refractivity contribution in [2.45, 2.75) is 104 Å². The Labute approximate surface area is 344 Å². The van der Waals surface area contributed by atoms with Gasteiger partial charge in [0, 0.05) is 40.9 Å². The van der Waals surface area contributed by atoms with Crippen LogP contribution in [0.4, 0.5) is 5.69 Å². The van der Waals surface area contributed by atoms with Gasteiger partial charge in [0.05, 0.1) is 19.3 Å². The lowest BCUT2D eigenvalue weighted by atomic mass is 9.72. The number of nitrogens with zero attached hydrogens (tertiary/aromatic N) is 2. The van der Waals surface area contributed by atoms with E-state index in [4.69, 9.17) is 23.7 Å². The Morgan fingerprint density at radius 1 is 0.845 bits per heavy atom. The molecule has 0 bridgehead atoms. The van der Waals surface area contributed by atoms with Crippen LogP contribution in [0.5, 0.6) is 11.5 Å². The number of carbonyl (C=O) groups is 2. The molecule has 2 heterocycles. The molecule has 2 aliphatic heterocycles. The van der Waals surface area contributed by atoms with Crippen LogP contribution < -0.4 is 14.4 Å². The molecule has 10 nitrogen and oxygen atoms in total. The van der Waals surface area contributed by atoms with Crippen molar-refractivity contribution in [1.82, 2.24) is 4.90 Å². The first kappa shape index (κ1) is 44.0. The third-order valence-corrected chi connectivity index (χ3v) is 10.6. The molecule has 0 saturated heterocycles. The number of hydrogen-bond donors (Lipinski definition) is 0. The zero-order valence-electron chi connectivity index (χ0n) is 34.8. The molecule has 0 fully saturated rings. The Hall–Kier alpha value is -5.16. The molecule has 10 heteroatoms. The van der Waals surface area contributed by atoms with E-state index in [1.165, 1.54) is 27.9 Å². The minimum absolute atomic E-state index is 0.109. The van der Waals surface area contributed by atoms with Crippen LogP contribution in [0.1, 0.15) is 89.0 Å². The Morgan fingerprint density at radius 3 is 2.05 bits per heavy atom. The number of para-hydroxylation sites is 1. The summed E-state index contributed by atoms with van der Waals surface area (Å²) in [5.41, 5.74) is 6.69. The van der Waals surface area contributed by atoms with Crippen molar-refractivity contribution >= 4 is 18.1 Å². The molecule has 3 aromatic rings. The number of rotatable bonds is 18. The fourth-order valence-corrected chi connectivity index (χ4v) is 7.17. The van der Waals surface area contributed by atoms with E-state index in [1.807, 2.05) is 6.92 Å². The van der Waals surface area contributed by atoms with E-state index >= 15 is 0 Å². The summed E-state index contributed by atoms with van der Waals surface area (Å²) in [6, 6.07) is 24.4. The number of allylic oxidation sites excluding steroid dienone is 4. The summed E-state index contributed by atoms with van der Waals surface area (Å²) >= 11 is 0. The number of esters is 1. The van der Waals surface area contributed by atoms with E-state index in [2.05, 4.69) is 138 Å². The summed E-state index contributed by atoms with van der Waals surface area (Å²) in [7, 11) is 0. The van der Waals surface area contributed by atoms with Crippen molar-refractivity contribution in [3.63, 3.8) is 0 Å². The van der Waals surface area contributed by atoms with Crippen LogP contribution in [0, 0.1) is 0 Å². The lowest BCUT2D eigenvalue weighted by Gasteiger charge is -2.36. The minimum Gasteiger partial charge on any atom is -0.478 e. The summed E-state index contributed by atoms with van der Waals surface area (Å²) in [6.45, 7) is 17.6. The highest BCUT2D eigenvalue weighted by atomic mass is 16.7. The Kier molecular flexibility index (Phi) is 16.8. The average molecular weight is 793 g/mol. The number of anilines is 1. The summed E-state index contributed by atoms with van der Waals surface area (Å²) in [5, 5.41) is 0. The first-order valence-corrected chi connectivity index (χ1v) is 20.4. The molecule has 3 aromatic carbocycles. The molecule has 6 rings (SSSR count). The van der Waals surface area contributed by atoms with Crippen molar-refractivity contribution < 1.29 is 38.0 Å². The number of unbranched alkanes of at least 4 members (excludes halogenated alkanes) is 1. The lowest BCUT2D eigenvalue weighted by molar-refractivity contribution is -0.171. The third kappa shape index (κ3) is 12.2. The molecule has 310 valence electrons. The lowest BCUT2D eigenvalue weighted by Crippen LogP contribution is -2.38. The zero-order chi connectivity index (χ0) is 41.3. The van der Waals surface area contributed by atoms with Crippen LogP contribution in [0.15, 0.2) is 115 Å². The molecule has 3 unspecified atom stereocenters. The van der Waals surface area contributed by atoms with E-state index < -0.39 is 18.5 Å². The van der Waals surface area contributed by atoms with Gasteiger partial charge in [-0.3, -0.25) is 9.69 Å². The van der Waals surface area contributed by atoms with Crippen LogP contribution in [-0.2, 0) is 47.0 Å². The van der Waals surface area contributed by atoms with Crippen molar-refractivity contribution in [2.75, 3.05) is 31.6 Å². The summed E-state index contributed by atoms with van der Waals surface area (Å²) in [4.78, 5) is 26.1. The quantitative estimate of drug-likeness (QED) is 0.0408. The smallest absolute Gasteiger partial charge is 0.335 e. The predicted molar refractivity (Wildman–Crippen MR) is 227 cm³/mol. The van der Waals surface area contributed by atoms with Gasteiger partial charge >= 0.3 is 5.97 Å². The molecule has 0 radical (unpaired) electrons. The normalized spacial score (nSPS) is 16.8. The highest BCUT2D eigenvalue weighted by Crippen LogP contribution is 2.42. The fraction of sp³-hybridized carbons (Fsp3) is 0.417. The molecule has 0 aromatic heterocycles. The van der Waals surface area contributed by atoms with Crippen molar-refractivity contribution in [3.8, 4) is 11.5 Å². The molecule has 3 atom stereocenters. The summed E-state index contributed by atoms with van der Waals surface area (Å²) in [6.07, 6.45) is 16.0.